The van der Waals surface area contributed by atoms with Crippen molar-refractivity contribution in [1.29, 1.82) is 0 Å². The van der Waals surface area contributed by atoms with Crippen molar-refractivity contribution in [3.63, 3.8) is 0 Å². The number of carboxylic acids is 2. The molecule has 0 atom stereocenters. The fourth-order valence-electron chi connectivity index (χ4n) is 2.03. The minimum atomic E-state index is -1.18. The van der Waals surface area contributed by atoms with Crippen molar-refractivity contribution in [2.45, 2.75) is 0 Å². The van der Waals surface area contributed by atoms with E-state index in [9.17, 15) is 14.7 Å². The van der Waals surface area contributed by atoms with Crippen LogP contribution >= 0.6 is 0 Å². The minimum absolute atomic E-state index is 0.0140. The number of methoxy groups -OCH3 is 1. The van der Waals surface area contributed by atoms with E-state index in [1.165, 1.54) is 19.2 Å². The normalized spacial score (nSPS) is 10.6. The van der Waals surface area contributed by atoms with Crippen molar-refractivity contribution in [2.24, 2.45) is 0 Å². The quantitative estimate of drug-likeness (QED) is 0.828. The van der Waals surface area contributed by atoms with Gasteiger partial charge in [0.15, 0.2) is 0 Å². The van der Waals surface area contributed by atoms with Gasteiger partial charge in [-0.25, -0.2) is 9.59 Å². The molecule has 0 radical (unpaired) electrons. The van der Waals surface area contributed by atoms with Crippen LogP contribution in [0.4, 0.5) is 0 Å². The molecule has 0 saturated carbocycles. The maximum Gasteiger partial charge on any atom is 0.340 e. The molecule has 0 fully saturated rings. The molecule has 0 aliphatic rings. The second kappa shape index (κ2) is 6.58. The lowest BCUT2D eigenvalue weighted by Gasteiger charge is -2.10. The Hall–Kier alpha value is -3.08. The zero-order valence-electron chi connectivity index (χ0n) is 11.8. The summed E-state index contributed by atoms with van der Waals surface area (Å²) in [5.74, 6) is -2.31. The van der Waals surface area contributed by atoms with E-state index in [4.69, 9.17) is 9.84 Å². The monoisotopic (exact) mass is 298 g/mol. The molecule has 2 rings (SSSR count). The van der Waals surface area contributed by atoms with Gasteiger partial charge in [-0.2, -0.15) is 0 Å². The van der Waals surface area contributed by atoms with Gasteiger partial charge in [0, 0.05) is 0 Å². The fraction of sp³-hybridized carbons (Fsp3) is 0.0588. The highest BCUT2D eigenvalue weighted by molar-refractivity contribution is 5.99. The molecule has 2 aromatic carbocycles. The summed E-state index contributed by atoms with van der Waals surface area (Å²) in [6.45, 7) is 0. The summed E-state index contributed by atoms with van der Waals surface area (Å²) in [5.41, 5.74) is 1.04. The lowest BCUT2D eigenvalue weighted by molar-refractivity contribution is 0.0677. The van der Waals surface area contributed by atoms with Crippen LogP contribution in [0.3, 0.4) is 0 Å². The lowest BCUT2D eigenvalue weighted by atomic mass is 10.0. The molecule has 22 heavy (non-hydrogen) atoms. The number of aromatic carboxylic acids is 2. The van der Waals surface area contributed by atoms with Crippen LogP contribution in [-0.2, 0) is 0 Å². The zero-order valence-corrected chi connectivity index (χ0v) is 11.8. The van der Waals surface area contributed by atoms with E-state index in [0.717, 1.165) is 5.56 Å². The van der Waals surface area contributed by atoms with Crippen LogP contribution in [0.1, 0.15) is 31.8 Å². The maximum absolute atomic E-state index is 11.4. The first-order chi connectivity index (χ1) is 10.5. The summed E-state index contributed by atoms with van der Waals surface area (Å²) in [7, 11) is 1.30. The third kappa shape index (κ3) is 3.32. The fourth-order valence-corrected chi connectivity index (χ4v) is 2.03. The van der Waals surface area contributed by atoms with Gasteiger partial charge in [0.1, 0.15) is 11.3 Å². The Morgan fingerprint density at radius 3 is 2.23 bits per heavy atom. The van der Waals surface area contributed by atoms with Crippen molar-refractivity contribution >= 4 is 24.1 Å². The Balaban J connectivity index is 2.56. The predicted octanol–water partition coefficient (Wildman–Crippen LogP) is 3.26. The van der Waals surface area contributed by atoms with Gasteiger partial charge < -0.3 is 14.9 Å². The molecule has 0 heterocycles. The third-order valence-corrected chi connectivity index (χ3v) is 3.07. The first kappa shape index (κ1) is 15.3. The first-order valence-electron chi connectivity index (χ1n) is 6.44. The summed E-state index contributed by atoms with van der Waals surface area (Å²) in [4.78, 5) is 22.6. The van der Waals surface area contributed by atoms with Crippen LogP contribution in [0.2, 0.25) is 0 Å². The van der Waals surface area contributed by atoms with Crippen molar-refractivity contribution in [3.8, 4) is 5.75 Å². The summed E-state index contributed by atoms with van der Waals surface area (Å²) in [6, 6.07) is 11.8. The summed E-state index contributed by atoms with van der Waals surface area (Å²) < 4.78 is 5.01. The van der Waals surface area contributed by atoms with E-state index in [2.05, 4.69) is 0 Å². The van der Waals surface area contributed by atoms with E-state index < -0.39 is 11.9 Å². The van der Waals surface area contributed by atoms with Gasteiger partial charge in [-0.15, -0.1) is 0 Å². The molecule has 2 N–H and O–H groups in total. The molecule has 0 bridgehead atoms. The van der Waals surface area contributed by atoms with Crippen LogP contribution in [-0.4, -0.2) is 29.3 Å². The highest BCUT2D eigenvalue weighted by Gasteiger charge is 2.18. The van der Waals surface area contributed by atoms with Gasteiger partial charge in [-0.3, -0.25) is 0 Å². The Morgan fingerprint density at radius 1 is 1.00 bits per heavy atom. The number of rotatable bonds is 5. The Kier molecular flexibility index (Phi) is 4.58. The average molecular weight is 298 g/mol. The molecule has 2 aromatic rings. The smallest absolute Gasteiger partial charge is 0.340 e. The van der Waals surface area contributed by atoms with Crippen molar-refractivity contribution < 1.29 is 24.5 Å². The van der Waals surface area contributed by atoms with Crippen molar-refractivity contribution in [2.75, 3.05) is 7.11 Å². The lowest BCUT2D eigenvalue weighted by Crippen LogP contribution is -2.07. The topological polar surface area (TPSA) is 83.8 Å². The Morgan fingerprint density at radius 2 is 1.68 bits per heavy atom. The molecule has 5 nitrogen and oxygen atoms in total. The van der Waals surface area contributed by atoms with E-state index >= 15 is 0 Å². The van der Waals surface area contributed by atoms with Gasteiger partial charge in [0.05, 0.1) is 12.7 Å². The van der Waals surface area contributed by atoms with E-state index in [1.807, 2.05) is 30.3 Å². The number of ether oxygens (including phenoxy) is 1. The Labute approximate surface area is 127 Å². The van der Waals surface area contributed by atoms with Gasteiger partial charge in [0.25, 0.3) is 0 Å². The van der Waals surface area contributed by atoms with Gasteiger partial charge in [0.2, 0.25) is 0 Å². The largest absolute Gasteiger partial charge is 0.496 e. The minimum Gasteiger partial charge on any atom is -0.496 e. The third-order valence-electron chi connectivity index (χ3n) is 3.07. The highest BCUT2D eigenvalue weighted by atomic mass is 16.5. The number of carbonyl (C=O) groups is 2. The first-order valence-corrected chi connectivity index (χ1v) is 6.44. The van der Waals surface area contributed by atoms with Gasteiger partial charge in [-0.05, 0) is 23.3 Å². The highest BCUT2D eigenvalue weighted by Crippen LogP contribution is 2.26. The average Bonchev–Trinajstić information content (AvgIpc) is 2.52. The van der Waals surface area contributed by atoms with Crippen molar-refractivity contribution in [3.05, 3.63) is 64.7 Å². The number of hydrogen-bond donors (Lipinski definition) is 2. The molecule has 0 amide bonds. The summed E-state index contributed by atoms with van der Waals surface area (Å²) in [6.07, 6.45) is 3.28. The van der Waals surface area contributed by atoms with Crippen LogP contribution in [0.15, 0.2) is 42.5 Å². The van der Waals surface area contributed by atoms with Crippen LogP contribution < -0.4 is 4.74 Å². The SMILES string of the molecule is COc1cc(C(=O)O)cc(/C=C/c2ccccc2)c1C(=O)O. The molecule has 0 aliphatic carbocycles. The molecule has 112 valence electrons. The van der Waals surface area contributed by atoms with E-state index in [0.29, 0.717) is 0 Å². The predicted molar refractivity (Wildman–Crippen MR) is 82.3 cm³/mol. The second-order valence-electron chi connectivity index (χ2n) is 4.50. The standard InChI is InChI=1S/C17H14O5/c1-22-14-10-13(16(18)19)9-12(15(14)17(20)21)8-7-11-5-3-2-4-6-11/h2-10H,1H3,(H,18,19)(H,20,21)/b8-7+. The molecule has 5 heteroatoms. The van der Waals surface area contributed by atoms with Crippen molar-refractivity contribution in [1.82, 2.24) is 0 Å². The van der Waals surface area contributed by atoms with Crippen LogP contribution in [0.25, 0.3) is 12.2 Å². The summed E-state index contributed by atoms with van der Waals surface area (Å²) in [5, 5.41) is 18.5. The van der Waals surface area contributed by atoms with Crippen LogP contribution in [0, 0.1) is 0 Å². The van der Waals surface area contributed by atoms with E-state index in [-0.39, 0.29) is 22.4 Å². The van der Waals surface area contributed by atoms with Gasteiger partial charge >= 0.3 is 11.9 Å². The maximum atomic E-state index is 11.4. The molecular formula is C17H14O5. The molecular weight excluding hydrogens is 284 g/mol. The molecule has 0 aromatic heterocycles. The van der Waals surface area contributed by atoms with E-state index in [1.54, 1.807) is 12.2 Å². The van der Waals surface area contributed by atoms with Gasteiger partial charge in [-0.1, -0.05) is 42.5 Å². The van der Waals surface area contributed by atoms with Crippen LogP contribution in [0.5, 0.6) is 5.75 Å². The summed E-state index contributed by atoms with van der Waals surface area (Å²) >= 11 is 0. The molecule has 0 saturated heterocycles. The Bertz CT molecular complexity index is 732. The zero-order chi connectivity index (χ0) is 16.1. The number of hydrogen-bond acceptors (Lipinski definition) is 3. The molecule has 0 spiro atoms. The number of benzene rings is 2. The second-order valence-corrected chi connectivity index (χ2v) is 4.50. The number of carboxylic acid groups (broad SMARTS) is 2. The molecule has 0 aliphatic heterocycles. The molecule has 0 unspecified atom stereocenters.